The summed E-state index contributed by atoms with van der Waals surface area (Å²) in [6.45, 7) is 1.74. The highest BCUT2D eigenvalue weighted by Gasteiger charge is 2.14. The highest BCUT2D eigenvalue weighted by Crippen LogP contribution is 2.20. The zero-order chi connectivity index (χ0) is 12.4. The summed E-state index contributed by atoms with van der Waals surface area (Å²) in [6, 6.07) is 3.39. The monoisotopic (exact) mass is 254 g/mol. The molecule has 88 valence electrons. The first-order valence-corrected chi connectivity index (χ1v) is 5.57. The molecule has 0 spiro atoms. The molecular formula is C11H8F2N2OS. The lowest BCUT2D eigenvalue weighted by Crippen LogP contribution is -2.12. The van der Waals surface area contributed by atoms with E-state index in [0.717, 1.165) is 23.5 Å². The number of anilines is 1. The Balaban J connectivity index is 2.24. The fraction of sp³-hybridized carbons (Fsp3) is 0.0909. The normalized spacial score (nSPS) is 10.3. The molecule has 0 radical (unpaired) electrons. The molecule has 1 heterocycles. The molecule has 0 saturated carbocycles. The number of nitrogens with one attached hydrogen (secondary N) is 1. The van der Waals surface area contributed by atoms with Gasteiger partial charge in [-0.25, -0.2) is 13.8 Å². The van der Waals surface area contributed by atoms with Crippen molar-refractivity contribution in [1.29, 1.82) is 0 Å². The van der Waals surface area contributed by atoms with Gasteiger partial charge in [-0.2, -0.15) is 0 Å². The third kappa shape index (κ3) is 2.47. The van der Waals surface area contributed by atoms with E-state index in [1.54, 1.807) is 6.92 Å². The van der Waals surface area contributed by atoms with Gasteiger partial charge in [0.1, 0.15) is 22.2 Å². The molecule has 6 heteroatoms. The van der Waals surface area contributed by atoms with Crippen molar-refractivity contribution < 1.29 is 13.6 Å². The van der Waals surface area contributed by atoms with E-state index in [2.05, 4.69) is 10.3 Å². The molecule has 1 N–H and O–H groups in total. The van der Waals surface area contributed by atoms with Crippen LogP contribution in [0, 0.1) is 18.6 Å². The van der Waals surface area contributed by atoms with Gasteiger partial charge in [0.15, 0.2) is 0 Å². The van der Waals surface area contributed by atoms with Gasteiger partial charge in [0.25, 0.3) is 5.91 Å². The summed E-state index contributed by atoms with van der Waals surface area (Å²) >= 11 is 1.16. The van der Waals surface area contributed by atoms with Gasteiger partial charge < -0.3 is 5.32 Å². The van der Waals surface area contributed by atoms with Gasteiger partial charge in [0.2, 0.25) is 0 Å². The molecule has 0 bridgehead atoms. The van der Waals surface area contributed by atoms with Gasteiger partial charge in [0.05, 0.1) is 11.2 Å². The number of benzene rings is 1. The Morgan fingerprint density at radius 2 is 2.00 bits per heavy atom. The highest BCUT2D eigenvalue weighted by atomic mass is 32.1. The zero-order valence-corrected chi connectivity index (χ0v) is 9.65. The third-order valence-corrected chi connectivity index (χ3v) is 2.96. The van der Waals surface area contributed by atoms with Crippen molar-refractivity contribution in [2.45, 2.75) is 6.92 Å². The van der Waals surface area contributed by atoms with E-state index in [1.807, 2.05) is 0 Å². The van der Waals surface area contributed by atoms with Crippen molar-refractivity contribution in [3.8, 4) is 0 Å². The highest BCUT2D eigenvalue weighted by molar-refractivity contribution is 7.13. The lowest BCUT2D eigenvalue weighted by atomic mass is 10.3. The number of aromatic nitrogens is 1. The van der Waals surface area contributed by atoms with Crippen LogP contribution in [0.3, 0.4) is 0 Å². The molecule has 1 amide bonds. The van der Waals surface area contributed by atoms with Gasteiger partial charge in [-0.05, 0) is 19.1 Å². The van der Waals surface area contributed by atoms with Crippen molar-refractivity contribution in [1.82, 2.24) is 4.98 Å². The number of thiazole rings is 1. The lowest BCUT2D eigenvalue weighted by Gasteiger charge is -2.05. The number of hydrogen-bond donors (Lipinski definition) is 1. The number of nitrogens with zero attached hydrogens (tertiary/aromatic N) is 1. The Bertz CT molecular complexity index is 548. The van der Waals surface area contributed by atoms with Crippen molar-refractivity contribution >= 4 is 22.9 Å². The molecule has 0 aliphatic carbocycles. The number of para-hydroxylation sites is 1. The van der Waals surface area contributed by atoms with E-state index in [1.165, 1.54) is 12.3 Å². The van der Waals surface area contributed by atoms with E-state index >= 15 is 0 Å². The van der Waals surface area contributed by atoms with Crippen molar-refractivity contribution in [3.05, 3.63) is 45.9 Å². The van der Waals surface area contributed by atoms with Crippen LogP contribution in [0.4, 0.5) is 14.5 Å². The first-order chi connectivity index (χ1) is 8.08. The maximum absolute atomic E-state index is 13.3. The van der Waals surface area contributed by atoms with E-state index in [0.29, 0.717) is 9.88 Å². The Labute approximate surface area is 100 Å². The molecule has 0 aliphatic heterocycles. The molecule has 3 nitrogen and oxygen atoms in total. The first-order valence-electron chi connectivity index (χ1n) is 4.75. The van der Waals surface area contributed by atoms with Crippen LogP contribution in [0.1, 0.15) is 14.7 Å². The maximum atomic E-state index is 13.3. The maximum Gasteiger partial charge on any atom is 0.267 e. The van der Waals surface area contributed by atoms with Gasteiger partial charge in [-0.15, -0.1) is 11.3 Å². The van der Waals surface area contributed by atoms with Crippen molar-refractivity contribution in [3.63, 3.8) is 0 Å². The molecule has 1 aromatic carbocycles. The Morgan fingerprint density at radius 1 is 1.35 bits per heavy atom. The minimum absolute atomic E-state index is 0.310. The van der Waals surface area contributed by atoms with E-state index in [9.17, 15) is 13.6 Å². The smallest absolute Gasteiger partial charge is 0.267 e. The number of amides is 1. The molecule has 1 aromatic heterocycles. The van der Waals surface area contributed by atoms with Crippen LogP contribution in [0.15, 0.2) is 24.4 Å². The third-order valence-electron chi connectivity index (χ3n) is 2.05. The summed E-state index contributed by atoms with van der Waals surface area (Å²) in [4.78, 5) is 15.9. The number of carbonyl (C=O) groups is 1. The van der Waals surface area contributed by atoms with Gasteiger partial charge >= 0.3 is 0 Å². The summed E-state index contributed by atoms with van der Waals surface area (Å²) in [6.07, 6.45) is 1.37. The zero-order valence-electron chi connectivity index (χ0n) is 8.83. The van der Waals surface area contributed by atoms with Gasteiger partial charge in [0, 0.05) is 0 Å². The number of aryl methyl sites for hydroxylation is 1. The SMILES string of the molecule is Cc1ncc(C(=O)Nc2c(F)cccc2F)s1. The molecule has 0 unspecified atom stereocenters. The molecular weight excluding hydrogens is 246 g/mol. The van der Waals surface area contributed by atoms with Crippen LogP contribution in [-0.4, -0.2) is 10.9 Å². The predicted octanol–water partition coefficient (Wildman–Crippen LogP) is 2.98. The molecule has 0 saturated heterocycles. The first kappa shape index (κ1) is 11.7. The fourth-order valence-corrected chi connectivity index (χ4v) is 1.93. The standard InChI is InChI=1S/C11H8F2N2OS/c1-6-14-5-9(17-6)11(16)15-10-7(12)3-2-4-8(10)13/h2-5H,1H3,(H,15,16). The molecule has 0 fully saturated rings. The second kappa shape index (κ2) is 4.58. The summed E-state index contributed by atoms with van der Waals surface area (Å²) in [5.74, 6) is -2.18. The lowest BCUT2D eigenvalue weighted by molar-refractivity contribution is 0.102. The molecule has 0 atom stereocenters. The van der Waals surface area contributed by atoms with Crippen LogP contribution >= 0.6 is 11.3 Å². The average Bonchev–Trinajstić information content (AvgIpc) is 2.70. The number of carbonyl (C=O) groups excluding carboxylic acids is 1. The Morgan fingerprint density at radius 3 is 2.53 bits per heavy atom. The quantitative estimate of drug-likeness (QED) is 0.895. The topological polar surface area (TPSA) is 42.0 Å². The molecule has 17 heavy (non-hydrogen) atoms. The van der Waals surface area contributed by atoms with E-state index in [4.69, 9.17) is 0 Å². The van der Waals surface area contributed by atoms with Crippen LogP contribution in [0.5, 0.6) is 0 Å². The van der Waals surface area contributed by atoms with Crippen LogP contribution in [0.25, 0.3) is 0 Å². The minimum atomic E-state index is -0.806. The number of hydrogen-bond acceptors (Lipinski definition) is 3. The summed E-state index contributed by atoms with van der Waals surface area (Å²) < 4.78 is 26.5. The number of halogens is 2. The van der Waals surface area contributed by atoms with Crippen molar-refractivity contribution in [2.24, 2.45) is 0 Å². The van der Waals surface area contributed by atoms with Crippen LogP contribution in [0.2, 0.25) is 0 Å². The summed E-state index contributed by atoms with van der Waals surface area (Å²) in [5.41, 5.74) is -0.441. The van der Waals surface area contributed by atoms with Crippen molar-refractivity contribution in [2.75, 3.05) is 5.32 Å². The molecule has 2 aromatic rings. The number of rotatable bonds is 2. The summed E-state index contributed by atoms with van der Waals surface area (Å²) in [5, 5.41) is 2.90. The molecule has 2 rings (SSSR count). The average molecular weight is 254 g/mol. The van der Waals surface area contributed by atoms with E-state index < -0.39 is 23.2 Å². The van der Waals surface area contributed by atoms with Crippen LogP contribution < -0.4 is 5.32 Å². The summed E-state index contributed by atoms with van der Waals surface area (Å²) in [7, 11) is 0. The molecule has 0 aliphatic rings. The minimum Gasteiger partial charge on any atom is -0.316 e. The predicted molar refractivity (Wildman–Crippen MR) is 61.2 cm³/mol. The van der Waals surface area contributed by atoms with Gasteiger partial charge in [-0.1, -0.05) is 6.07 Å². The van der Waals surface area contributed by atoms with E-state index in [-0.39, 0.29) is 0 Å². The van der Waals surface area contributed by atoms with Crippen LogP contribution in [-0.2, 0) is 0 Å². The second-order valence-corrected chi connectivity index (χ2v) is 4.53. The Hall–Kier alpha value is -1.82. The fourth-order valence-electron chi connectivity index (χ4n) is 1.26. The largest absolute Gasteiger partial charge is 0.316 e. The second-order valence-electron chi connectivity index (χ2n) is 3.29. The Kier molecular flexibility index (Phi) is 3.14. The van der Waals surface area contributed by atoms with Gasteiger partial charge in [-0.3, -0.25) is 4.79 Å².